The van der Waals surface area contributed by atoms with E-state index in [-0.39, 0.29) is 35.4 Å². The minimum atomic E-state index is -3.64. The number of hydrogen-bond acceptors (Lipinski definition) is 6. The fourth-order valence-electron chi connectivity index (χ4n) is 3.05. The number of sulfonamides is 1. The fourth-order valence-corrected chi connectivity index (χ4v) is 3.83. The van der Waals surface area contributed by atoms with Gasteiger partial charge in [-0.15, -0.1) is 0 Å². The third-order valence-corrected chi connectivity index (χ3v) is 5.93. The largest absolute Gasteiger partial charge is 0.467 e. The summed E-state index contributed by atoms with van der Waals surface area (Å²) in [5.41, 5.74) is 0.269. The Balaban J connectivity index is 1.80. The number of aliphatic hydroxyl groups excluding tert-OH is 1. The van der Waals surface area contributed by atoms with Crippen molar-refractivity contribution >= 4 is 15.9 Å². The van der Waals surface area contributed by atoms with Crippen LogP contribution >= 0.6 is 0 Å². The Morgan fingerprint density at radius 3 is 2.89 bits per heavy atom. The molecule has 0 radical (unpaired) electrons. The lowest BCUT2D eigenvalue weighted by Gasteiger charge is -2.36. The molecule has 9 heteroatoms. The summed E-state index contributed by atoms with van der Waals surface area (Å²) in [7, 11) is -2.33. The number of morpholine rings is 1. The molecule has 0 aliphatic carbocycles. The lowest BCUT2D eigenvalue weighted by atomic mass is 10.0. The van der Waals surface area contributed by atoms with Crippen LogP contribution in [0.5, 0.6) is 0 Å². The van der Waals surface area contributed by atoms with Gasteiger partial charge in [0.15, 0.2) is 0 Å². The van der Waals surface area contributed by atoms with Crippen molar-refractivity contribution in [1.29, 1.82) is 0 Å². The van der Waals surface area contributed by atoms with Gasteiger partial charge in [0.05, 0.1) is 30.4 Å². The molecule has 2 atom stereocenters. The van der Waals surface area contributed by atoms with Gasteiger partial charge in [0, 0.05) is 18.5 Å². The maximum Gasteiger partial charge on any atom is 0.254 e. The molecule has 2 aromatic rings. The number of amides is 1. The molecule has 27 heavy (non-hydrogen) atoms. The van der Waals surface area contributed by atoms with Crippen molar-refractivity contribution in [2.24, 2.45) is 0 Å². The van der Waals surface area contributed by atoms with E-state index in [0.29, 0.717) is 18.9 Å². The Morgan fingerprint density at radius 1 is 1.37 bits per heavy atom. The van der Waals surface area contributed by atoms with E-state index in [9.17, 15) is 18.3 Å². The quantitative estimate of drug-likeness (QED) is 0.761. The zero-order chi connectivity index (χ0) is 19.4. The van der Waals surface area contributed by atoms with Crippen LogP contribution in [0.4, 0.5) is 0 Å². The van der Waals surface area contributed by atoms with Crippen molar-refractivity contribution < 1.29 is 27.5 Å². The number of nitrogens with zero attached hydrogens (tertiary/aromatic N) is 1. The zero-order valence-electron chi connectivity index (χ0n) is 14.9. The van der Waals surface area contributed by atoms with Crippen molar-refractivity contribution in [2.75, 3.05) is 26.8 Å². The Labute approximate surface area is 157 Å². The first-order valence-corrected chi connectivity index (χ1v) is 10.0. The molecular weight excluding hydrogens is 372 g/mol. The van der Waals surface area contributed by atoms with Gasteiger partial charge >= 0.3 is 0 Å². The van der Waals surface area contributed by atoms with Crippen molar-refractivity contribution in [2.45, 2.75) is 23.5 Å². The summed E-state index contributed by atoms with van der Waals surface area (Å²) in [6.45, 7) is 1.03. The van der Waals surface area contributed by atoms with E-state index < -0.39 is 16.1 Å². The standard InChI is InChI=1S/C18H22N2O6S/c1-19-27(23,24)15-5-2-4-13(10-15)18(22)20-7-9-25-12-14(20)11-16(21)17-6-3-8-26-17/h2-6,8,10,14,16,19,21H,7,9,11-12H2,1H3/t14-,16+/m0/s1. The molecular formula is C18H22N2O6S. The van der Waals surface area contributed by atoms with Crippen LogP contribution in [0.2, 0.25) is 0 Å². The predicted octanol–water partition coefficient (Wildman–Crippen LogP) is 1.15. The summed E-state index contributed by atoms with van der Waals surface area (Å²) in [5.74, 6) is 0.123. The summed E-state index contributed by atoms with van der Waals surface area (Å²) in [6, 6.07) is 8.90. The summed E-state index contributed by atoms with van der Waals surface area (Å²) < 4.78 is 36.9. The van der Waals surface area contributed by atoms with Crippen LogP contribution in [0.3, 0.4) is 0 Å². The van der Waals surface area contributed by atoms with Gasteiger partial charge in [0.2, 0.25) is 10.0 Å². The smallest absolute Gasteiger partial charge is 0.254 e. The highest BCUT2D eigenvalue weighted by Gasteiger charge is 2.31. The number of benzene rings is 1. The predicted molar refractivity (Wildman–Crippen MR) is 96.6 cm³/mol. The van der Waals surface area contributed by atoms with Crippen LogP contribution in [0.15, 0.2) is 52.0 Å². The summed E-state index contributed by atoms with van der Waals surface area (Å²) in [4.78, 5) is 14.6. The topological polar surface area (TPSA) is 109 Å². The van der Waals surface area contributed by atoms with Gasteiger partial charge in [-0.1, -0.05) is 6.07 Å². The number of carbonyl (C=O) groups excluding carboxylic acids is 1. The van der Waals surface area contributed by atoms with E-state index in [1.54, 1.807) is 23.1 Å². The monoisotopic (exact) mass is 394 g/mol. The molecule has 1 aromatic heterocycles. The first-order valence-electron chi connectivity index (χ1n) is 8.56. The molecule has 0 saturated carbocycles. The summed E-state index contributed by atoms with van der Waals surface area (Å²) >= 11 is 0. The third-order valence-electron chi connectivity index (χ3n) is 4.52. The molecule has 1 aliphatic rings. The van der Waals surface area contributed by atoms with Crippen LogP contribution in [-0.2, 0) is 14.8 Å². The number of aliphatic hydroxyl groups is 1. The average Bonchev–Trinajstić information content (AvgIpc) is 3.23. The second-order valence-corrected chi connectivity index (χ2v) is 8.12. The molecule has 146 valence electrons. The maximum atomic E-state index is 13.0. The minimum Gasteiger partial charge on any atom is -0.467 e. The maximum absolute atomic E-state index is 13.0. The number of rotatable bonds is 6. The Morgan fingerprint density at radius 2 is 2.19 bits per heavy atom. The van der Waals surface area contributed by atoms with Crippen LogP contribution in [-0.4, -0.2) is 57.2 Å². The average molecular weight is 394 g/mol. The van der Waals surface area contributed by atoms with Gasteiger partial charge in [-0.3, -0.25) is 4.79 Å². The molecule has 0 unspecified atom stereocenters. The Hall–Kier alpha value is -2.20. The molecule has 8 nitrogen and oxygen atoms in total. The number of carbonyl (C=O) groups is 1. The van der Waals surface area contributed by atoms with Crippen LogP contribution in [0.25, 0.3) is 0 Å². The molecule has 1 amide bonds. The van der Waals surface area contributed by atoms with Crippen molar-refractivity contribution in [3.63, 3.8) is 0 Å². The highest BCUT2D eigenvalue weighted by molar-refractivity contribution is 7.89. The molecule has 1 aliphatic heterocycles. The fraction of sp³-hybridized carbons (Fsp3) is 0.389. The first kappa shape index (κ1) is 19.6. The number of nitrogens with one attached hydrogen (secondary N) is 1. The lowest BCUT2D eigenvalue weighted by molar-refractivity contribution is -0.0195. The lowest BCUT2D eigenvalue weighted by Crippen LogP contribution is -2.49. The van der Waals surface area contributed by atoms with Gasteiger partial charge in [-0.2, -0.15) is 0 Å². The van der Waals surface area contributed by atoms with Crippen LogP contribution in [0.1, 0.15) is 28.6 Å². The van der Waals surface area contributed by atoms with Gasteiger partial charge in [0.25, 0.3) is 5.91 Å². The second kappa shape index (κ2) is 8.22. The SMILES string of the molecule is CNS(=O)(=O)c1cccc(C(=O)N2CCOC[C@@H]2C[C@@H](O)c2ccco2)c1. The zero-order valence-corrected chi connectivity index (χ0v) is 15.7. The minimum absolute atomic E-state index is 0.0243. The van der Waals surface area contributed by atoms with Gasteiger partial charge in [-0.25, -0.2) is 13.1 Å². The summed E-state index contributed by atoms with van der Waals surface area (Å²) in [5, 5.41) is 10.3. The van der Waals surface area contributed by atoms with E-state index in [2.05, 4.69) is 4.72 Å². The van der Waals surface area contributed by atoms with Crippen molar-refractivity contribution in [1.82, 2.24) is 9.62 Å². The van der Waals surface area contributed by atoms with E-state index in [0.717, 1.165) is 0 Å². The number of furan rings is 1. The normalized spacial score (nSPS) is 19.0. The van der Waals surface area contributed by atoms with Crippen molar-refractivity contribution in [3.05, 3.63) is 54.0 Å². The van der Waals surface area contributed by atoms with Gasteiger partial charge in [-0.05, 0) is 37.4 Å². The third kappa shape index (κ3) is 4.38. The molecule has 0 spiro atoms. The Kier molecular flexibility index (Phi) is 5.95. The van der Waals surface area contributed by atoms with E-state index in [1.165, 1.54) is 31.5 Å². The molecule has 1 fully saturated rings. The number of ether oxygens (including phenoxy) is 1. The van der Waals surface area contributed by atoms with Crippen molar-refractivity contribution in [3.8, 4) is 0 Å². The Bertz CT molecular complexity index is 881. The first-order chi connectivity index (χ1) is 12.9. The van der Waals surface area contributed by atoms with E-state index in [4.69, 9.17) is 9.15 Å². The summed E-state index contributed by atoms with van der Waals surface area (Å²) in [6.07, 6.45) is 0.873. The molecule has 1 aromatic carbocycles. The number of hydrogen-bond donors (Lipinski definition) is 2. The molecule has 3 rings (SSSR count). The van der Waals surface area contributed by atoms with Crippen LogP contribution < -0.4 is 4.72 Å². The highest BCUT2D eigenvalue weighted by Crippen LogP contribution is 2.24. The second-order valence-electron chi connectivity index (χ2n) is 6.23. The van der Waals surface area contributed by atoms with Gasteiger partial charge in [0.1, 0.15) is 11.9 Å². The van der Waals surface area contributed by atoms with Gasteiger partial charge < -0.3 is 19.2 Å². The molecule has 2 N–H and O–H groups in total. The van der Waals surface area contributed by atoms with E-state index >= 15 is 0 Å². The molecule has 0 bridgehead atoms. The molecule has 1 saturated heterocycles. The molecule has 2 heterocycles. The highest BCUT2D eigenvalue weighted by atomic mass is 32.2. The van der Waals surface area contributed by atoms with E-state index in [1.807, 2.05) is 0 Å². The van der Waals surface area contributed by atoms with Crippen LogP contribution in [0, 0.1) is 0 Å².